The molecule has 0 saturated carbocycles. The van der Waals surface area contributed by atoms with Crippen LogP contribution in [0.2, 0.25) is 0 Å². The van der Waals surface area contributed by atoms with Gasteiger partial charge >= 0.3 is 0 Å². The van der Waals surface area contributed by atoms with Crippen LogP contribution in [0.3, 0.4) is 0 Å². The molecule has 0 radical (unpaired) electrons. The standard InChI is InChI=1S/C10H10FN3S2/c1-6(12)7-3-2-4-8(11)9(7)15-10-13-5-14-16-10/h2-6H,12H2,1H3. The molecule has 0 aliphatic rings. The smallest absolute Gasteiger partial charge is 0.174 e. The minimum absolute atomic E-state index is 0.203. The Bertz CT molecular complexity index is 471. The summed E-state index contributed by atoms with van der Waals surface area (Å²) in [7, 11) is 0. The van der Waals surface area contributed by atoms with Crippen LogP contribution in [0.25, 0.3) is 0 Å². The number of aromatic nitrogens is 2. The highest BCUT2D eigenvalue weighted by Gasteiger charge is 2.14. The van der Waals surface area contributed by atoms with Crippen molar-refractivity contribution in [3.8, 4) is 0 Å². The van der Waals surface area contributed by atoms with Gasteiger partial charge in [-0.3, -0.25) is 0 Å². The van der Waals surface area contributed by atoms with Crippen molar-refractivity contribution >= 4 is 23.3 Å². The van der Waals surface area contributed by atoms with Gasteiger partial charge in [0, 0.05) is 6.04 Å². The lowest BCUT2D eigenvalue weighted by atomic mass is 10.1. The lowest BCUT2D eigenvalue weighted by molar-refractivity contribution is 0.591. The topological polar surface area (TPSA) is 51.8 Å². The van der Waals surface area contributed by atoms with Gasteiger partial charge < -0.3 is 5.73 Å². The Morgan fingerprint density at radius 1 is 1.50 bits per heavy atom. The van der Waals surface area contributed by atoms with E-state index in [1.807, 2.05) is 13.0 Å². The number of benzene rings is 1. The van der Waals surface area contributed by atoms with Gasteiger partial charge in [-0.25, -0.2) is 9.37 Å². The average Bonchev–Trinajstić information content (AvgIpc) is 2.73. The summed E-state index contributed by atoms with van der Waals surface area (Å²) in [6.45, 7) is 1.83. The van der Waals surface area contributed by atoms with E-state index in [4.69, 9.17) is 5.73 Å². The van der Waals surface area contributed by atoms with E-state index in [-0.39, 0.29) is 11.9 Å². The fourth-order valence-corrected chi connectivity index (χ4v) is 2.91. The molecule has 0 aliphatic carbocycles. The van der Waals surface area contributed by atoms with E-state index in [0.717, 1.165) is 5.56 Å². The summed E-state index contributed by atoms with van der Waals surface area (Å²) in [4.78, 5) is 4.55. The monoisotopic (exact) mass is 255 g/mol. The van der Waals surface area contributed by atoms with E-state index in [1.54, 1.807) is 6.07 Å². The van der Waals surface area contributed by atoms with E-state index in [0.29, 0.717) is 9.24 Å². The van der Waals surface area contributed by atoms with Crippen molar-refractivity contribution < 1.29 is 4.39 Å². The van der Waals surface area contributed by atoms with Crippen molar-refractivity contribution in [3.63, 3.8) is 0 Å². The maximum Gasteiger partial charge on any atom is 0.174 e. The van der Waals surface area contributed by atoms with Gasteiger partial charge in [-0.05, 0) is 30.1 Å². The van der Waals surface area contributed by atoms with Crippen LogP contribution in [0, 0.1) is 5.82 Å². The van der Waals surface area contributed by atoms with Gasteiger partial charge in [-0.2, -0.15) is 4.37 Å². The summed E-state index contributed by atoms with van der Waals surface area (Å²) in [6, 6.07) is 4.72. The van der Waals surface area contributed by atoms with Crippen LogP contribution in [0.5, 0.6) is 0 Å². The fraction of sp³-hybridized carbons (Fsp3) is 0.200. The quantitative estimate of drug-likeness (QED) is 0.916. The summed E-state index contributed by atoms with van der Waals surface area (Å²) >= 11 is 2.51. The molecule has 1 aromatic heterocycles. The van der Waals surface area contributed by atoms with Gasteiger partial charge in [-0.1, -0.05) is 23.9 Å². The third-order valence-electron chi connectivity index (χ3n) is 2.02. The van der Waals surface area contributed by atoms with E-state index < -0.39 is 0 Å². The average molecular weight is 255 g/mol. The Morgan fingerprint density at radius 2 is 2.31 bits per heavy atom. The number of rotatable bonds is 3. The lowest BCUT2D eigenvalue weighted by Crippen LogP contribution is -2.07. The Morgan fingerprint density at radius 3 is 2.94 bits per heavy atom. The van der Waals surface area contributed by atoms with E-state index in [2.05, 4.69) is 9.36 Å². The predicted molar refractivity (Wildman–Crippen MR) is 63.0 cm³/mol. The van der Waals surface area contributed by atoms with Gasteiger partial charge in [0.25, 0.3) is 0 Å². The maximum atomic E-state index is 13.7. The Kier molecular flexibility index (Phi) is 3.52. The third-order valence-corrected chi connectivity index (χ3v) is 3.87. The zero-order valence-corrected chi connectivity index (χ0v) is 10.2. The first-order chi connectivity index (χ1) is 7.68. The molecule has 2 aromatic rings. The summed E-state index contributed by atoms with van der Waals surface area (Å²) in [5.74, 6) is -0.269. The molecular formula is C10H10FN3S2. The first kappa shape index (κ1) is 11.5. The van der Waals surface area contributed by atoms with Crippen molar-refractivity contribution in [2.24, 2.45) is 5.73 Å². The van der Waals surface area contributed by atoms with Crippen LogP contribution in [0.1, 0.15) is 18.5 Å². The summed E-state index contributed by atoms with van der Waals surface area (Å²) in [6.07, 6.45) is 1.46. The Hall–Kier alpha value is -0.980. The molecule has 2 N–H and O–H groups in total. The molecule has 0 amide bonds. The predicted octanol–water partition coefficient (Wildman–Crippen LogP) is 2.85. The highest BCUT2D eigenvalue weighted by molar-refractivity contribution is 8.01. The molecule has 3 nitrogen and oxygen atoms in total. The van der Waals surface area contributed by atoms with Crippen LogP contribution in [0.4, 0.5) is 4.39 Å². The normalized spacial score (nSPS) is 12.7. The van der Waals surface area contributed by atoms with Gasteiger partial charge in [0.15, 0.2) is 4.34 Å². The maximum absolute atomic E-state index is 13.7. The number of halogens is 1. The van der Waals surface area contributed by atoms with Crippen molar-refractivity contribution in [3.05, 3.63) is 35.9 Å². The fourth-order valence-electron chi connectivity index (χ4n) is 1.29. The number of hydrogen-bond acceptors (Lipinski definition) is 5. The molecule has 0 fully saturated rings. The highest BCUT2D eigenvalue weighted by Crippen LogP contribution is 2.34. The molecule has 84 valence electrons. The van der Waals surface area contributed by atoms with Crippen LogP contribution < -0.4 is 5.73 Å². The summed E-state index contributed by atoms with van der Waals surface area (Å²) in [5, 5.41) is 0. The second kappa shape index (κ2) is 4.90. The van der Waals surface area contributed by atoms with Gasteiger partial charge in [-0.15, -0.1) is 0 Å². The van der Waals surface area contributed by atoms with Crippen molar-refractivity contribution in [2.45, 2.75) is 22.2 Å². The molecule has 1 atom stereocenters. The number of nitrogens with zero attached hydrogens (tertiary/aromatic N) is 2. The molecule has 0 spiro atoms. The molecule has 0 aliphatic heterocycles. The molecule has 0 bridgehead atoms. The largest absolute Gasteiger partial charge is 0.324 e. The van der Waals surface area contributed by atoms with Crippen molar-refractivity contribution in [1.29, 1.82) is 0 Å². The molecule has 1 unspecified atom stereocenters. The van der Waals surface area contributed by atoms with Crippen LogP contribution in [-0.2, 0) is 0 Å². The first-order valence-electron chi connectivity index (χ1n) is 4.67. The first-order valence-corrected chi connectivity index (χ1v) is 6.26. The van der Waals surface area contributed by atoms with Gasteiger partial charge in [0.05, 0.1) is 4.90 Å². The van der Waals surface area contributed by atoms with E-state index >= 15 is 0 Å². The molecular weight excluding hydrogens is 245 g/mol. The van der Waals surface area contributed by atoms with E-state index in [1.165, 1.54) is 35.7 Å². The highest BCUT2D eigenvalue weighted by atomic mass is 32.2. The molecule has 16 heavy (non-hydrogen) atoms. The molecule has 1 heterocycles. The van der Waals surface area contributed by atoms with Crippen LogP contribution >= 0.6 is 23.3 Å². The van der Waals surface area contributed by atoms with Crippen molar-refractivity contribution in [2.75, 3.05) is 0 Å². The zero-order chi connectivity index (χ0) is 11.5. The molecule has 2 rings (SSSR count). The second-order valence-electron chi connectivity index (χ2n) is 3.26. The number of nitrogens with two attached hydrogens (primary N) is 1. The van der Waals surface area contributed by atoms with Gasteiger partial charge in [0.2, 0.25) is 0 Å². The molecule has 1 aromatic carbocycles. The lowest BCUT2D eigenvalue weighted by Gasteiger charge is -2.11. The Balaban J connectivity index is 2.38. The van der Waals surface area contributed by atoms with Crippen LogP contribution in [-0.4, -0.2) is 9.36 Å². The SMILES string of the molecule is CC(N)c1cccc(F)c1Sc1ncns1. The minimum atomic E-state index is -0.269. The second-order valence-corrected chi connectivity index (χ2v) is 5.29. The van der Waals surface area contributed by atoms with E-state index in [9.17, 15) is 4.39 Å². The summed E-state index contributed by atoms with van der Waals surface area (Å²) < 4.78 is 18.3. The number of hydrogen-bond donors (Lipinski definition) is 1. The summed E-state index contributed by atoms with van der Waals surface area (Å²) in [5.41, 5.74) is 6.59. The van der Waals surface area contributed by atoms with Crippen LogP contribution in [0.15, 0.2) is 33.8 Å². The van der Waals surface area contributed by atoms with Crippen molar-refractivity contribution in [1.82, 2.24) is 9.36 Å². The Labute approximate surface area is 101 Å². The third kappa shape index (κ3) is 2.40. The molecule has 0 saturated heterocycles. The zero-order valence-electron chi connectivity index (χ0n) is 8.55. The van der Waals surface area contributed by atoms with Gasteiger partial charge in [0.1, 0.15) is 12.1 Å². The minimum Gasteiger partial charge on any atom is -0.324 e. The molecule has 6 heteroatoms.